The molecule has 1 rings (SSSR count). The van der Waals surface area contributed by atoms with Crippen molar-refractivity contribution < 1.29 is 24.9 Å². The average Bonchev–Trinajstić information content (AvgIpc) is 2.44. The maximum atomic E-state index is 11.0. The molecular formula is C8H15NO5. The molecule has 0 aliphatic carbocycles. The molecule has 0 saturated carbocycles. The van der Waals surface area contributed by atoms with Crippen LogP contribution in [0.3, 0.4) is 0 Å². The molecule has 1 fully saturated rings. The second kappa shape index (κ2) is 4.70. The molecule has 0 spiro atoms. The van der Waals surface area contributed by atoms with Gasteiger partial charge in [0.15, 0.2) is 6.29 Å². The summed E-state index contributed by atoms with van der Waals surface area (Å²) in [7, 11) is 0. The highest BCUT2D eigenvalue weighted by Crippen LogP contribution is 2.19. The molecule has 4 N–H and O–H groups in total. The van der Waals surface area contributed by atoms with Gasteiger partial charge in [0.05, 0.1) is 6.61 Å². The number of hydrogen-bond donors (Lipinski definition) is 4. The molecule has 1 heterocycles. The van der Waals surface area contributed by atoms with E-state index in [1.54, 1.807) is 6.92 Å². The van der Waals surface area contributed by atoms with E-state index < -0.39 is 31.1 Å². The molecule has 0 bridgehead atoms. The maximum absolute atomic E-state index is 11.0. The molecule has 0 aromatic rings. The molecule has 6 heteroatoms. The topological polar surface area (TPSA) is 99.0 Å². The number of rotatable bonds is 3. The number of nitrogens with one attached hydrogen (secondary N) is 1. The average molecular weight is 205 g/mol. The smallest absolute Gasteiger partial charge is 0.220 e. The van der Waals surface area contributed by atoms with Crippen LogP contribution in [0.4, 0.5) is 0 Å². The quantitative estimate of drug-likeness (QED) is 0.425. The first-order valence-corrected chi connectivity index (χ1v) is 4.52. The Bertz CT molecular complexity index is 210. The summed E-state index contributed by atoms with van der Waals surface area (Å²) < 4.78 is 4.82. The molecule has 82 valence electrons. The Morgan fingerprint density at radius 1 is 1.50 bits per heavy atom. The number of ether oxygens (including phenoxy) is 1. The monoisotopic (exact) mass is 205 g/mol. The summed E-state index contributed by atoms with van der Waals surface area (Å²) >= 11 is 0. The maximum Gasteiger partial charge on any atom is 0.220 e. The standard InChI is InChI=1S/C8H15NO5/c1-2-5(11)9-6-7(12)4(3-10)14-8(6)13/h4,6-8,10,12-13H,2-3H2,1H3,(H,9,11)/t4-,6-,7-,8?/m1/s1. The largest absolute Gasteiger partial charge is 0.394 e. The summed E-state index contributed by atoms with van der Waals surface area (Å²) in [6.07, 6.45) is -2.92. The minimum absolute atomic E-state index is 0.264. The Morgan fingerprint density at radius 3 is 2.57 bits per heavy atom. The first-order chi connectivity index (χ1) is 6.60. The Hall–Kier alpha value is -0.690. The van der Waals surface area contributed by atoms with E-state index in [1.807, 2.05) is 0 Å². The van der Waals surface area contributed by atoms with Crippen LogP contribution in [0.25, 0.3) is 0 Å². The minimum atomic E-state index is -1.27. The second-order valence-corrected chi connectivity index (χ2v) is 3.19. The predicted octanol–water partition coefficient (Wildman–Crippen LogP) is -2.05. The van der Waals surface area contributed by atoms with Gasteiger partial charge in [-0.1, -0.05) is 6.92 Å². The fraction of sp³-hybridized carbons (Fsp3) is 0.875. The van der Waals surface area contributed by atoms with Gasteiger partial charge in [0.2, 0.25) is 5.91 Å². The zero-order valence-corrected chi connectivity index (χ0v) is 7.88. The number of carbonyl (C=O) groups excluding carboxylic acids is 1. The molecule has 0 aromatic heterocycles. The van der Waals surface area contributed by atoms with E-state index in [1.165, 1.54) is 0 Å². The molecule has 14 heavy (non-hydrogen) atoms. The Balaban J connectivity index is 2.56. The van der Waals surface area contributed by atoms with Gasteiger partial charge in [0.1, 0.15) is 18.2 Å². The lowest BCUT2D eigenvalue weighted by atomic mass is 10.1. The van der Waals surface area contributed by atoms with Gasteiger partial charge in [-0.25, -0.2) is 0 Å². The third-order valence-electron chi connectivity index (χ3n) is 2.20. The van der Waals surface area contributed by atoms with Gasteiger partial charge in [-0.05, 0) is 0 Å². The summed E-state index contributed by atoms with van der Waals surface area (Å²) in [6.45, 7) is 1.27. The van der Waals surface area contributed by atoms with Crippen molar-refractivity contribution in [3.8, 4) is 0 Å². The summed E-state index contributed by atoms with van der Waals surface area (Å²) in [6, 6.07) is -0.861. The zero-order valence-electron chi connectivity index (χ0n) is 7.88. The van der Waals surface area contributed by atoms with Gasteiger partial charge in [-0.3, -0.25) is 4.79 Å². The summed E-state index contributed by atoms with van der Waals surface area (Å²) in [5.74, 6) is -0.282. The van der Waals surface area contributed by atoms with E-state index in [2.05, 4.69) is 5.32 Å². The number of carbonyl (C=O) groups is 1. The minimum Gasteiger partial charge on any atom is -0.394 e. The lowest BCUT2D eigenvalue weighted by Crippen LogP contribution is -2.47. The van der Waals surface area contributed by atoms with Crippen molar-refractivity contribution in [2.45, 2.75) is 37.9 Å². The van der Waals surface area contributed by atoms with Gasteiger partial charge in [0, 0.05) is 6.42 Å². The van der Waals surface area contributed by atoms with Crippen LogP contribution in [0.2, 0.25) is 0 Å². The highest BCUT2D eigenvalue weighted by atomic mass is 16.6. The van der Waals surface area contributed by atoms with Crippen LogP contribution < -0.4 is 5.32 Å². The molecule has 1 amide bonds. The van der Waals surface area contributed by atoms with Gasteiger partial charge >= 0.3 is 0 Å². The van der Waals surface area contributed by atoms with Gasteiger partial charge in [0.25, 0.3) is 0 Å². The van der Waals surface area contributed by atoms with Crippen molar-refractivity contribution in [1.29, 1.82) is 0 Å². The molecule has 0 aromatic carbocycles. The Morgan fingerprint density at radius 2 is 2.14 bits per heavy atom. The molecular weight excluding hydrogens is 190 g/mol. The van der Waals surface area contributed by atoms with E-state index in [9.17, 15) is 15.0 Å². The third-order valence-corrected chi connectivity index (χ3v) is 2.20. The lowest BCUT2D eigenvalue weighted by Gasteiger charge is -2.17. The van der Waals surface area contributed by atoms with Crippen LogP contribution in [-0.2, 0) is 9.53 Å². The van der Waals surface area contributed by atoms with Gasteiger partial charge in [-0.2, -0.15) is 0 Å². The van der Waals surface area contributed by atoms with Crippen molar-refractivity contribution in [3.05, 3.63) is 0 Å². The summed E-state index contributed by atoms with van der Waals surface area (Å²) in [5.41, 5.74) is 0. The zero-order chi connectivity index (χ0) is 10.7. The van der Waals surface area contributed by atoms with Crippen molar-refractivity contribution >= 4 is 5.91 Å². The number of hydrogen-bond acceptors (Lipinski definition) is 5. The molecule has 1 saturated heterocycles. The van der Waals surface area contributed by atoms with E-state index in [-0.39, 0.29) is 12.3 Å². The van der Waals surface area contributed by atoms with E-state index in [0.717, 1.165) is 0 Å². The van der Waals surface area contributed by atoms with E-state index in [0.29, 0.717) is 0 Å². The third kappa shape index (κ3) is 2.21. The fourth-order valence-corrected chi connectivity index (χ4v) is 1.34. The van der Waals surface area contributed by atoms with Gasteiger partial charge < -0.3 is 25.4 Å². The summed E-state index contributed by atoms with van der Waals surface area (Å²) in [4.78, 5) is 11.0. The van der Waals surface area contributed by atoms with Crippen LogP contribution in [0, 0.1) is 0 Å². The molecule has 6 nitrogen and oxygen atoms in total. The molecule has 1 unspecified atom stereocenters. The Kier molecular flexibility index (Phi) is 3.82. The fourth-order valence-electron chi connectivity index (χ4n) is 1.34. The van der Waals surface area contributed by atoms with Crippen molar-refractivity contribution in [2.75, 3.05) is 6.61 Å². The molecule has 1 aliphatic rings. The lowest BCUT2D eigenvalue weighted by molar-refractivity contribution is -0.128. The van der Waals surface area contributed by atoms with Crippen molar-refractivity contribution in [1.82, 2.24) is 5.32 Å². The Labute approximate surface area is 81.5 Å². The van der Waals surface area contributed by atoms with E-state index in [4.69, 9.17) is 9.84 Å². The van der Waals surface area contributed by atoms with Crippen molar-refractivity contribution in [3.63, 3.8) is 0 Å². The second-order valence-electron chi connectivity index (χ2n) is 3.19. The highest BCUT2D eigenvalue weighted by Gasteiger charge is 2.43. The van der Waals surface area contributed by atoms with E-state index >= 15 is 0 Å². The number of amides is 1. The first-order valence-electron chi connectivity index (χ1n) is 4.52. The molecule has 1 aliphatic heterocycles. The SMILES string of the molecule is CCC(=O)N[C@H]1C(O)O[C@H](CO)[C@H]1O. The van der Waals surface area contributed by atoms with Crippen LogP contribution in [-0.4, -0.2) is 52.4 Å². The normalized spacial score (nSPS) is 37.1. The van der Waals surface area contributed by atoms with Crippen LogP contribution in [0.1, 0.15) is 13.3 Å². The predicted molar refractivity (Wildman–Crippen MR) is 46.2 cm³/mol. The van der Waals surface area contributed by atoms with Crippen LogP contribution in [0.5, 0.6) is 0 Å². The van der Waals surface area contributed by atoms with Crippen molar-refractivity contribution in [2.24, 2.45) is 0 Å². The highest BCUT2D eigenvalue weighted by molar-refractivity contribution is 5.76. The number of aliphatic hydroxyl groups is 3. The van der Waals surface area contributed by atoms with Crippen LogP contribution >= 0.6 is 0 Å². The van der Waals surface area contributed by atoms with Crippen LogP contribution in [0.15, 0.2) is 0 Å². The van der Waals surface area contributed by atoms with Gasteiger partial charge in [-0.15, -0.1) is 0 Å². The summed E-state index contributed by atoms with van der Waals surface area (Å²) in [5, 5.41) is 30.0. The first kappa shape index (κ1) is 11.4. The molecule has 4 atom stereocenters. The number of aliphatic hydroxyl groups excluding tert-OH is 3. The molecule has 0 radical (unpaired) electrons.